The summed E-state index contributed by atoms with van der Waals surface area (Å²) in [5.41, 5.74) is 6.19. The summed E-state index contributed by atoms with van der Waals surface area (Å²) in [6.07, 6.45) is 0.403. The van der Waals surface area contributed by atoms with E-state index in [1.165, 1.54) is 12.1 Å². The van der Waals surface area contributed by atoms with E-state index in [0.717, 1.165) is 48.1 Å². The quantitative estimate of drug-likeness (QED) is 0.514. The van der Waals surface area contributed by atoms with Crippen molar-refractivity contribution >= 4 is 5.57 Å². The smallest absolute Gasteiger partial charge is 0.273 e. The third kappa shape index (κ3) is 3.79. The van der Waals surface area contributed by atoms with Gasteiger partial charge in [-0.2, -0.15) is 0 Å². The normalized spacial score (nSPS) is 26.4. The van der Waals surface area contributed by atoms with Crippen LogP contribution >= 0.6 is 0 Å². The fraction of sp³-hybridized carbons (Fsp3) is 0.536. The molecule has 0 saturated carbocycles. The Hall–Kier alpha value is -2.18. The molecule has 0 spiro atoms. The van der Waals surface area contributed by atoms with E-state index in [4.69, 9.17) is 4.98 Å². The van der Waals surface area contributed by atoms with Crippen LogP contribution in [0.1, 0.15) is 122 Å². The molecule has 2 unspecified atom stereocenters. The minimum Gasteiger partial charge on any atom is -0.388 e. The predicted octanol–water partition coefficient (Wildman–Crippen LogP) is 6.87. The van der Waals surface area contributed by atoms with Crippen molar-refractivity contribution in [1.82, 2.24) is 4.98 Å². The fourth-order valence-electron chi connectivity index (χ4n) is 6.18. The number of halogens is 3. The lowest BCUT2D eigenvalue weighted by molar-refractivity contribution is 0.0495. The maximum absolute atomic E-state index is 14.1. The van der Waals surface area contributed by atoms with Crippen LogP contribution in [0, 0.1) is 5.41 Å². The highest BCUT2D eigenvalue weighted by atomic mass is 19.3. The van der Waals surface area contributed by atoms with Gasteiger partial charge in [0.15, 0.2) is 6.17 Å². The molecule has 0 fully saturated rings. The number of rotatable bonds is 3. The molecule has 0 saturated heterocycles. The van der Waals surface area contributed by atoms with E-state index in [1.807, 2.05) is 6.92 Å². The molecule has 3 aliphatic carbocycles. The molecule has 34 heavy (non-hydrogen) atoms. The molecule has 1 heterocycles. The van der Waals surface area contributed by atoms with Gasteiger partial charge in [-0.1, -0.05) is 45.0 Å². The van der Waals surface area contributed by atoms with Crippen LogP contribution in [0.4, 0.5) is 13.2 Å². The molecular formula is C28H32F3NO2. The lowest BCUT2D eigenvalue weighted by Crippen LogP contribution is -2.31. The monoisotopic (exact) mass is 471 g/mol. The van der Waals surface area contributed by atoms with Gasteiger partial charge in [-0.15, -0.1) is 0 Å². The average Bonchev–Trinajstić information content (AvgIpc) is 2.80. The summed E-state index contributed by atoms with van der Waals surface area (Å²) in [6.45, 7) is 6.17. The van der Waals surface area contributed by atoms with E-state index in [9.17, 15) is 23.4 Å². The van der Waals surface area contributed by atoms with E-state index in [1.54, 1.807) is 6.07 Å². The Morgan fingerprint density at radius 1 is 1.06 bits per heavy atom. The Morgan fingerprint density at radius 2 is 1.82 bits per heavy atom. The van der Waals surface area contributed by atoms with Crippen molar-refractivity contribution in [3.05, 3.63) is 69.0 Å². The Bertz CT molecular complexity index is 1160. The predicted molar refractivity (Wildman–Crippen MR) is 126 cm³/mol. The highest BCUT2D eigenvalue weighted by molar-refractivity contribution is 5.76. The third-order valence-electron chi connectivity index (χ3n) is 7.81. The molecule has 1 aromatic heterocycles. The second-order valence-electron chi connectivity index (χ2n) is 10.9. The molecule has 0 bridgehead atoms. The number of allylic oxidation sites excluding steroid dienone is 2. The zero-order valence-electron chi connectivity index (χ0n) is 19.9. The number of fused-ring (bicyclic) bond motifs is 3. The minimum atomic E-state index is -3.10. The number of alkyl halides is 3. The first-order valence-corrected chi connectivity index (χ1v) is 12.3. The molecular weight excluding hydrogens is 439 g/mol. The first-order chi connectivity index (χ1) is 16.1. The number of aromatic nitrogens is 1. The summed E-state index contributed by atoms with van der Waals surface area (Å²) in [5.74, 6) is -0.298. The maximum atomic E-state index is 14.1. The van der Waals surface area contributed by atoms with Gasteiger partial charge in [-0.05, 0) is 71.8 Å². The first kappa shape index (κ1) is 23.6. The summed E-state index contributed by atoms with van der Waals surface area (Å²) >= 11 is 0. The van der Waals surface area contributed by atoms with Gasteiger partial charge in [0.2, 0.25) is 0 Å². The van der Waals surface area contributed by atoms with Gasteiger partial charge in [0.25, 0.3) is 6.43 Å². The van der Waals surface area contributed by atoms with Crippen molar-refractivity contribution in [3.8, 4) is 0 Å². The standard InChI is InChI=1S/C28H32F3NO2/c1-14-18-11-16(24(29)27(30)31)9-10-17(18)26(34)23-21(15-7-5-4-6-8-15)22-19(32-25(14)23)12-28(2,3)13-20(22)33/h7,9-11,14,20,24,26-27,33-34H,4-6,8,12-13H2,1-3H3/t14?,20-,24?,26+/m0/s1. The van der Waals surface area contributed by atoms with Crippen LogP contribution in [0.15, 0.2) is 24.3 Å². The number of aliphatic hydroxyl groups is 2. The molecule has 0 radical (unpaired) electrons. The molecule has 3 aliphatic rings. The molecule has 2 aromatic rings. The van der Waals surface area contributed by atoms with Crippen LogP contribution in [0.2, 0.25) is 0 Å². The Balaban J connectivity index is 1.74. The first-order valence-electron chi connectivity index (χ1n) is 12.3. The number of aliphatic hydroxyl groups excluding tert-OH is 2. The maximum Gasteiger partial charge on any atom is 0.273 e. The largest absolute Gasteiger partial charge is 0.388 e. The summed E-state index contributed by atoms with van der Waals surface area (Å²) < 4.78 is 40.2. The van der Waals surface area contributed by atoms with Crippen LogP contribution in [0.25, 0.3) is 5.57 Å². The zero-order chi connectivity index (χ0) is 24.4. The van der Waals surface area contributed by atoms with Crippen molar-refractivity contribution in [1.29, 1.82) is 0 Å². The van der Waals surface area contributed by atoms with E-state index in [-0.39, 0.29) is 16.9 Å². The molecule has 182 valence electrons. The molecule has 2 N–H and O–H groups in total. The highest BCUT2D eigenvalue weighted by Gasteiger charge is 2.41. The second-order valence-corrected chi connectivity index (χ2v) is 10.9. The van der Waals surface area contributed by atoms with Gasteiger partial charge in [0.05, 0.1) is 11.8 Å². The number of pyridine rings is 1. The van der Waals surface area contributed by atoms with Crippen molar-refractivity contribution < 1.29 is 23.4 Å². The van der Waals surface area contributed by atoms with Gasteiger partial charge >= 0.3 is 0 Å². The number of nitrogens with zero attached hydrogens (tertiary/aromatic N) is 1. The molecule has 6 heteroatoms. The third-order valence-corrected chi connectivity index (χ3v) is 7.81. The Morgan fingerprint density at radius 3 is 2.50 bits per heavy atom. The summed E-state index contributed by atoms with van der Waals surface area (Å²) in [7, 11) is 0. The molecule has 1 aromatic carbocycles. The van der Waals surface area contributed by atoms with E-state index < -0.39 is 24.8 Å². The van der Waals surface area contributed by atoms with Gasteiger partial charge in [0.1, 0.15) is 6.10 Å². The second kappa shape index (κ2) is 8.49. The van der Waals surface area contributed by atoms with Crippen molar-refractivity contribution in [2.45, 2.75) is 90.0 Å². The molecule has 5 rings (SSSR count). The van der Waals surface area contributed by atoms with E-state index >= 15 is 0 Å². The zero-order valence-corrected chi connectivity index (χ0v) is 19.9. The average molecular weight is 472 g/mol. The molecule has 0 aliphatic heterocycles. The Labute approximate surface area is 198 Å². The minimum absolute atomic E-state index is 0.0824. The van der Waals surface area contributed by atoms with Gasteiger partial charge < -0.3 is 10.2 Å². The summed E-state index contributed by atoms with van der Waals surface area (Å²) in [6, 6.07) is 4.38. The van der Waals surface area contributed by atoms with Crippen LogP contribution < -0.4 is 0 Å². The van der Waals surface area contributed by atoms with E-state index in [2.05, 4.69) is 19.9 Å². The fourth-order valence-corrected chi connectivity index (χ4v) is 6.18. The van der Waals surface area contributed by atoms with Crippen molar-refractivity contribution in [2.75, 3.05) is 0 Å². The Kier molecular flexibility index (Phi) is 5.88. The highest BCUT2D eigenvalue weighted by Crippen LogP contribution is 2.51. The van der Waals surface area contributed by atoms with Gasteiger partial charge in [-0.3, -0.25) is 4.98 Å². The molecule has 0 amide bonds. The van der Waals surface area contributed by atoms with Crippen molar-refractivity contribution in [3.63, 3.8) is 0 Å². The van der Waals surface area contributed by atoms with Crippen molar-refractivity contribution in [2.24, 2.45) is 5.41 Å². The number of benzene rings is 1. The molecule has 4 atom stereocenters. The lowest BCUT2D eigenvalue weighted by Gasteiger charge is -2.40. The van der Waals surface area contributed by atoms with Gasteiger partial charge in [0, 0.05) is 22.7 Å². The van der Waals surface area contributed by atoms with Crippen LogP contribution in [0.5, 0.6) is 0 Å². The summed E-state index contributed by atoms with van der Waals surface area (Å²) in [5, 5.41) is 22.8. The van der Waals surface area contributed by atoms with Crippen LogP contribution in [-0.4, -0.2) is 21.6 Å². The number of hydrogen-bond acceptors (Lipinski definition) is 3. The van der Waals surface area contributed by atoms with Crippen LogP contribution in [-0.2, 0) is 6.42 Å². The molecule has 3 nitrogen and oxygen atoms in total. The van der Waals surface area contributed by atoms with Crippen LogP contribution in [0.3, 0.4) is 0 Å². The lowest BCUT2D eigenvalue weighted by atomic mass is 9.69. The SMILES string of the molecule is CC1c2cc(C(F)C(F)F)ccc2[C@@H](O)c2c1nc1c(c2C2=CCCCC2)[C@@H](O)CC(C)(C)C1. The summed E-state index contributed by atoms with van der Waals surface area (Å²) in [4.78, 5) is 5.01. The van der Waals surface area contributed by atoms with E-state index in [0.29, 0.717) is 35.2 Å². The number of hydrogen-bond donors (Lipinski definition) is 2. The van der Waals surface area contributed by atoms with Gasteiger partial charge in [-0.25, -0.2) is 13.2 Å². The topological polar surface area (TPSA) is 53.4 Å².